The van der Waals surface area contributed by atoms with Crippen molar-refractivity contribution in [3.05, 3.63) is 60.2 Å². The fourth-order valence-electron chi connectivity index (χ4n) is 2.11. The van der Waals surface area contributed by atoms with Gasteiger partial charge in [-0.25, -0.2) is 8.42 Å². The van der Waals surface area contributed by atoms with Gasteiger partial charge < -0.3 is 5.11 Å². The van der Waals surface area contributed by atoms with Crippen LogP contribution in [0.4, 0.5) is 5.69 Å². The normalized spacial score (nSPS) is 12.4. The van der Waals surface area contributed by atoms with Crippen molar-refractivity contribution in [3.8, 4) is 6.07 Å². The standard InChI is InChI=1S/C17H18N2O3S/c1-2-16(20)13-19(15-8-4-3-5-9-15)23(21,22)17-10-6-7-14(11-17)12-18/h3-11,16,20H,2,13H2,1H3/t16-/m0/s1. The van der Waals surface area contributed by atoms with E-state index in [1.54, 1.807) is 43.3 Å². The largest absolute Gasteiger partial charge is 0.391 e. The quantitative estimate of drug-likeness (QED) is 0.882. The molecule has 0 heterocycles. The predicted molar refractivity (Wildman–Crippen MR) is 88.4 cm³/mol. The van der Waals surface area contributed by atoms with E-state index in [0.29, 0.717) is 12.1 Å². The lowest BCUT2D eigenvalue weighted by Crippen LogP contribution is -2.37. The third kappa shape index (κ3) is 3.89. The molecule has 0 spiro atoms. The van der Waals surface area contributed by atoms with Gasteiger partial charge in [0.15, 0.2) is 0 Å². The first-order valence-corrected chi connectivity index (χ1v) is 8.69. The van der Waals surface area contributed by atoms with Crippen LogP contribution in [-0.4, -0.2) is 26.2 Å². The summed E-state index contributed by atoms with van der Waals surface area (Å²) in [5, 5.41) is 18.9. The minimum Gasteiger partial charge on any atom is -0.391 e. The number of nitriles is 1. The summed E-state index contributed by atoms with van der Waals surface area (Å²) in [7, 11) is -3.87. The van der Waals surface area contributed by atoms with E-state index in [2.05, 4.69) is 0 Å². The van der Waals surface area contributed by atoms with Crippen molar-refractivity contribution < 1.29 is 13.5 Å². The van der Waals surface area contributed by atoms with Gasteiger partial charge in [-0.3, -0.25) is 4.31 Å². The van der Waals surface area contributed by atoms with Gasteiger partial charge in [0.05, 0.1) is 34.9 Å². The van der Waals surface area contributed by atoms with E-state index in [4.69, 9.17) is 5.26 Å². The molecule has 0 amide bonds. The van der Waals surface area contributed by atoms with Crippen LogP contribution >= 0.6 is 0 Å². The molecule has 0 bridgehead atoms. The molecule has 0 aliphatic rings. The van der Waals surface area contributed by atoms with Crippen LogP contribution < -0.4 is 4.31 Å². The van der Waals surface area contributed by atoms with Crippen molar-refractivity contribution in [3.63, 3.8) is 0 Å². The number of aliphatic hydroxyl groups is 1. The highest BCUT2D eigenvalue weighted by molar-refractivity contribution is 7.92. The Hall–Kier alpha value is -2.36. The average molecular weight is 330 g/mol. The summed E-state index contributed by atoms with van der Waals surface area (Å²) < 4.78 is 27.1. The van der Waals surface area contributed by atoms with Gasteiger partial charge in [0.1, 0.15) is 0 Å². The van der Waals surface area contributed by atoms with Crippen LogP contribution in [0.2, 0.25) is 0 Å². The van der Waals surface area contributed by atoms with Gasteiger partial charge in [0.25, 0.3) is 10.0 Å². The number of hydrogen-bond acceptors (Lipinski definition) is 4. The number of rotatable bonds is 6. The maximum atomic E-state index is 13.0. The van der Waals surface area contributed by atoms with Crippen LogP contribution in [0.5, 0.6) is 0 Å². The average Bonchev–Trinajstić information content (AvgIpc) is 2.60. The topological polar surface area (TPSA) is 81.4 Å². The number of anilines is 1. The highest BCUT2D eigenvalue weighted by Gasteiger charge is 2.26. The molecular weight excluding hydrogens is 312 g/mol. The zero-order chi connectivity index (χ0) is 16.9. The molecule has 23 heavy (non-hydrogen) atoms. The molecule has 5 nitrogen and oxygen atoms in total. The van der Waals surface area contributed by atoms with Crippen molar-refractivity contribution in [2.45, 2.75) is 24.3 Å². The minimum atomic E-state index is -3.87. The zero-order valence-corrected chi connectivity index (χ0v) is 13.6. The van der Waals surface area contributed by atoms with Crippen molar-refractivity contribution in [1.29, 1.82) is 5.26 Å². The van der Waals surface area contributed by atoms with E-state index in [1.165, 1.54) is 22.5 Å². The second kappa shape index (κ2) is 7.27. The lowest BCUT2D eigenvalue weighted by atomic mass is 10.2. The molecule has 0 fully saturated rings. The first kappa shape index (κ1) is 17.0. The molecule has 2 aromatic rings. The maximum absolute atomic E-state index is 13.0. The number of aliphatic hydroxyl groups excluding tert-OH is 1. The molecule has 0 aromatic heterocycles. The minimum absolute atomic E-state index is 0.0312. The summed E-state index contributed by atoms with van der Waals surface area (Å²) in [6.07, 6.45) is -0.332. The van der Waals surface area contributed by atoms with Gasteiger partial charge in [-0.15, -0.1) is 0 Å². The Bertz CT molecular complexity index is 798. The molecule has 120 valence electrons. The van der Waals surface area contributed by atoms with Gasteiger partial charge in [-0.1, -0.05) is 31.2 Å². The summed E-state index contributed by atoms with van der Waals surface area (Å²) in [6, 6.07) is 16.4. The van der Waals surface area contributed by atoms with Crippen molar-refractivity contribution in [2.75, 3.05) is 10.8 Å². The Morgan fingerprint density at radius 1 is 1.17 bits per heavy atom. The zero-order valence-electron chi connectivity index (χ0n) is 12.8. The van der Waals surface area contributed by atoms with E-state index in [0.717, 1.165) is 0 Å². The predicted octanol–water partition coefficient (Wildman–Crippen LogP) is 2.52. The molecule has 1 atom stereocenters. The summed E-state index contributed by atoms with van der Waals surface area (Å²) >= 11 is 0. The van der Waals surface area contributed by atoms with Gasteiger partial charge in [-0.2, -0.15) is 5.26 Å². The summed E-state index contributed by atoms with van der Waals surface area (Å²) in [6.45, 7) is 1.75. The molecule has 0 radical (unpaired) electrons. The maximum Gasteiger partial charge on any atom is 0.264 e. The second-order valence-electron chi connectivity index (χ2n) is 5.07. The van der Waals surface area contributed by atoms with Gasteiger partial charge in [0, 0.05) is 0 Å². The van der Waals surface area contributed by atoms with Gasteiger partial charge >= 0.3 is 0 Å². The van der Waals surface area contributed by atoms with E-state index in [1.807, 2.05) is 6.07 Å². The van der Waals surface area contributed by atoms with Crippen LogP contribution in [0.25, 0.3) is 0 Å². The third-order valence-corrected chi connectivity index (χ3v) is 5.23. The Morgan fingerprint density at radius 3 is 2.48 bits per heavy atom. The molecule has 6 heteroatoms. The fourth-order valence-corrected chi connectivity index (χ4v) is 3.66. The van der Waals surface area contributed by atoms with Gasteiger partial charge in [0.2, 0.25) is 0 Å². The Kier molecular flexibility index (Phi) is 5.37. The monoisotopic (exact) mass is 330 g/mol. The van der Waals surface area contributed by atoms with E-state index in [-0.39, 0.29) is 17.0 Å². The first-order chi connectivity index (χ1) is 11.0. The van der Waals surface area contributed by atoms with Crippen LogP contribution in [0.3, 0.4) is 0 Å². The van der Waals surface area contributed by atoms with E-state index in [9.17, 15) is 13.5 Å². The third-order valence-electron chi connectivity index (χ3n) is 3.44. The molecule has 0 unspecified atom stereocenters. The Labute approximate surface area is 136 Å². The highest BCUT2D eigenvalue weighted by atomic mass is 32.2. The van der Waals surface area contributed by atoms with E-state index < -0.39 is 16.1 Å². The van der Waals surface area contributed by atoms with Crippen molar-refractivity contribution >= 4 is 15.7 Å². The number of hydrogen-bond donors (Lipinski definition) is 1. The number of nitrogens with zero attached hydrogens (tertiary/aromatic N) is 2. The van der Waals surface area contributed by atoms with Gasteiger partial charge in [-0.05, 0) is 36.8 Å². The number of para-hydroxylation sites is 1. The van der Waals surface area contributed by atoms with Crippen LogP contribution in [0, 0.1) is 11.3 Å². The van der Waals surface area contributed by atoms with Crippen LogP contribution in [-0.2, 0) is 10.0 Å². The van der Waals surface area contributed by atoms with Crippen molar-refractivity contribution in [1.82, 2.24) is 0 Å². The number of sulfonamides is 1. The highest BCUT2D eigenvalue weighted by Crippen LogP contribution is 2.24. The smallest absolute Gasteiger partial charge is 0.264 e. The molecule has 2 aromatic carbocycles. The number of benzene rings is 2. The Morgan fingerprint density at radius 2 is 1.87 bits per heavy atom. The summed E-state index contributed by atoms with van der Waals surface area (Å²) in [5.41, 5.74) is 0.748. The fraction of sp³-hybridized carbons (Fsp3) is 0.235. The molecule has 1 N–H and O–H groups in total. The van der Waals surface area contributed by atoms with Crippen LogP contribution in [0.15, 0.2) is 59.5 Å². The van der Waals surface area contributed by atoms with Crippen molar-refractivity contribution in [2.24, 2.45) is 0 Å². The SMILES string of the molecule is CC[C@H](O)CN(c1ccccc1)S(=O)(=O)c1cccc(C#N)c1. The van der Waals surface area contributed by atoms with Crippen LogP contribution in [0.1, 0.15) is 18.9 Å². The molecule has 0 saturated heterocycles. The molecule has 0 saturated carbocycles. The lowest BCUT2D eigenvalue weighted by Gasteiger charge is -2.26. The molecule has 0 aliphatic carbocycles. The lowest BCUT2D eigenvalue weighted by molar-refractivity contribution is 0.179. The second-order valence-corrected chi connectivity index (χ2v) is 6.94. The Balaban J connectivity index is 2.50. The summed E-state index contributed by atoms with van der Waals surface area (Å²) in [5.74, 6) is 0. The molecule has 2 rings (SSSR count). The molecular formula is C17H18N2O3S. The first-order valence-electron chi connectivity index (χ1n) is 7.25. The summed E-state index contributed by atoms with van der Waals surface area (Å²) in [4.78, 5) is 0.0312. The van der Waals surface area contributed by atoms with E-state index >= 15 is 0 Å². The molecule has 0 aliphatic heterocycles.